The number of benzene rings is 3. The molecule has 3 aromatic carbocycles. The van der Waals surface area contributed by atoms with Gasteiger partial charge in [0.15, 0.2) is 11.5 Å². The van der Waals surface area contributed by atoms with E-state index < -0.39 is 21.8 Å². The minimum absolute atomic E-state index is 0.0558. The van der Waals surface area contributed by atoms with Crippen molar-refractivity contribution in [1.29, 1.82) is 0 Å². The Morgan fingerprint density at radius 2 is 1.82 bits per heavy atom. The Morgan fingerprint density at radius 1 is 1.05 bits per heavy atom. The number of ether oxygens (including phenoxy) is 3. The molecular formula is C27H26N2O8S. The predicted octanol–water partition coefficient (Wildman–Crippen LogP) is 2.41. The number of hydrogen-bond acceptors (Lipinski definition) is 8. The van der Waals surface area contributed by atoms with Crippen LogP contribution in [-0.4, -0.2) is 49.1 Å². The molecule has 0 saturated heterocycles. The van der Waals surface area contributed by atoms with E-state index in [4.69, 9.17) is 19.3 Å². The average Bonchev–Trinajstić information content (AvgIpc) is 3.51. The highest BCUT2D eigenvalue weighted by atomic mass is 32.2. The van der Waals surface area contributed by atoms with E-state index in [0.29, 0.717) is 33.9 Å². The van der Waals surface area contributed by atoms with E-state index in [-0.39, 0.29) is 31.5 Å². The Hall–Kier alpha value is -4.06. The van der Waals surface area contributed by atoms with Crippen LogP contribution in [0.15, 0.2) is 71.8 Å². The van der Waals surface area contributed by atoms with E-state index in [9.17, 15) is 18.3 Å². The van der Waals surface area contributed by atoms with Crippen molar-refractivity contribution in [1.82, 2.24) is 9.29 Å². The molecule has 0 aliphatic carbocycles. The molecule has 1 aliphatic rings. The van der Waals surface area contributed by atoms with Gasteiger partial charge in [0.25, 0.3) is 10.0 Å². The fourth-order valence-corrected chi connectivity index (χ4v) is 5.48. The number of aliphatic hydroxyl groups is 2. The topological polar surface area (TPSA) is 136 Å². The summed E-state index contributed by atoms with van der Waals surface area (Å²) < 4.78 is 46.6. The van der Waals surface area contributed by atoms with Gasteiger partial charge in [-0.05, 0) is 59.2 Å². The number of amides is 1. The van der Waals surface area contributed by atoms with Gasteiger partial charge in [-0.15, -0.1) is 0 Å². The van der Waals surface area contributed by atoms with E-state index in [0.717, 1.165) is 10.9 Å². The minimum Gasteiger partial charge on any atom is -0.491 e. The van der Waals surface area contributed by atoms with Crippen LogP contribution >= 0.6 is 0 Å². The molecule has 4 aromatic rings. The van der Waals surface area contributed by atoms with Crippen LogP contribution in [0.5, 0.6) is 17.2 Å². The average molecular weight is 539 g/mol. The zero-order valence-corrected chi connectivity index (χ0v) is 21.3. The number of nitrogens with zero attached hydrogens (tertiary/aromatic N) is 1. The molecule has 0 fully saturated rings. The van der Waals surface area contributed by atoms with Crippen LogP contribution in [0.3, 0.4) is 0 Å². The maximum atomic E-state index is 13.8. The molecule has 5 rings (SSSR count). The van der Waals surface area contributed by atoms with Gasteiger partial charge in [-0.1, -0.05) is 18.2 Å². The van der Waals surface area contributed by atoms with Crippen molar-refractivity contribution in [3.63, 3.8) is 0 Å². The number of sulfonamides is 1. The zero-order valence-electron chi connectivity index (χ0n) is 20.5. The fourth-order valence-electron chi connectivity index (χ4n) is 4.48. The highest BCUT2D eigenvalue weighted by molar-refractivity contribution is 7.90. The maximum Gasteiger partial charge on any atom is 0.264 e. The number of carbonyl (C=O) groups excluding carboxylic acids is 1. The molecule has 1 atom stereocenters. The highest BCUT2D eigenvalue weighted by Crippen LogP contribution is 2.39. The summed E-state index contributed by atoms with van der Waals surface area (Å²) in [4.78, 5) is 13.6. The number of nitrogens with one attached hydrogen (secondary N) is 1. The Balaban J connectivity index is 1.54. The van der Waals surface area contributed by atoms with Crippen molar-refractivity contribution in [3.05, 3.63) is 83.6 Å². The Morgan fingerprint density at radius 3 is 2.55 bits per heavy atom. The minimum atomic E-state index is -4.23. The molecule has 0 saturated carbocycles. The molecular weight excluding hydrogens is 512 g/mol. The lowest BCUT2D eigenvalue weighted by atomic mass is 9.90. The second kappa shape index (κ2) is 10.4. The Bertz CT molecular complexity index is 1600. The van der Waals surface area contributed by atoms with E-state index in [1.54, 1.807) is 30.5 Å². The second-order valence-electron chi connectivity index (χ2n) is 8.76. The zero-order chi connectivity index (χ0) is 26.9. The summed E-state index contributed by atoms with van der Waals surface area (Å²) >= 11 is 0. The van der Waals surface area contributed by atoms with E-state index >= 15 is 0 Å². The summed E-state index contributed by atoms with van der Waals surface area (Å²) in [6.45, 7) is -0.178. The third kappa shape index (κ3) is 4.91. The molecule has 1 unspecified atom stereocenters. The molecule has 2 heterocycles. The van der Waals surface area contributed by atoms with Crippen molar-refractivity contribution in [3.8, 4) is 17.2 Å². The fraction of sp³-hybridized carbons (Fsp3) is 0.222. The quantitative estimate of drug-likeness (QED) is 0.296. The lowest BCUT2D eigenvalue weighted by Gasteiger charge is -2.18. The number of rotatable bonds is 9. The molecule has 198 valence electrons. The number of aryl methyl sites for hydroxylation is 1. The number of fused-ring (bicyclic) bond motifs is 2. The van der Waals surface area contributed by atoms with Gasteiger partial charge in [-0.25, -0.2) is 13.1 Å². The lowest BCUT2D eigenvalue weighted by molar-refractivity contribution is -0.119. The van der Waals surface area contributed by atoms with Crippen molar-refractivity contribution < 1.29 is 37.6 Å². The van der Waals surface area contributed by atoms with Gasteiger partial charge in [0.05, 0.1) is 24.0 Å². The van der Waals surface area contributed by atoms with Gasteiger partial charge in [0, 0.05) is 24.1 Å². The van der Waals surface area contributed by atoms with Crippen LogP contribution in [0.4, 0.5) is 0 Å². The van der Waals surface area contributed by atoms with Gasteiger partial charge in [-0.2, -0.15) is 0 Å². The van der Waals surface area contributed by atoms with Crippen LogP contribution in [0.2, 0.25) is 0 Å². The Kier molecular flexibility index (Phi) is 6.98. The van der Waals surface area contributed by atoms with Crippen LogP contribution < -0.4 is 18.9 Å². The first kappa shape index (κ1) is 25.6. The normalized spacial score (nSPS) is 13.4. The van der Waals surface area contributed by atoms with Crippen molar-refractivity contribution in [2.75, 3.05) is 20.0 Å². The number of aliphatic hydroxyl groups excluding tert-OH is 2. The van der Waals surface area contributed by atoms with Gasteiger partial charge >= 0.3 is 0 Å². The molecule has 0 radical (unpaired) electrons. The van der Waals surface area contributed by atoms with Crippen molar-refractivity contribution >= 4 is 26.8 Å². The van der Waals surface area contributed by atoms with Crippen LogP contribution in [0, 0.1) is 0 Å². The predicted molar refractivity (Wildman–Crippen MR) is 138 cm³/mol. The summed E-state index contributed by atoms with van der Waals surface area (Å²) in [5, 5.41) is 19.2. The van der Waals surface area contributed by atoms with Gasteiger partial charge in [0.2, 0.25) is 12.7 Å². The monoisotopic (exact) mass is 538 g/mol. The summed E-state index contributed by atoms with van der Waals surface area (Å²) in [5.41, 5.74) is 2.61. The largest absolute Gasteiger partial charge is 0.491 e. The smallest absolute Gasteiger partial charge is 0.264 e. The molecule has 3 N–H and O–H groups in total. The van der Waals surface area contributed by atoms with Gasteiger partial charge < -0.3 is 29.0 Å². The lowest BCUT2D eigenvalue weighted by Crippen LogP contribution is -2.35. The highest BCUT2D eigenvalue weighted by Gasteiger charge is 2.31. The van der Waals surface area contributed by atoms with E-state index in [2.05, 4.69) is 4.72 Å². The van der Waals surface area contributed by atoms with E-state index in [1.165, 1.54) is 24.3 Å². The Labute approximate surface area is 219 Å². The van der Waals surface area contributed by atoms with Crippen LogP contribution in [0.25, 0.3) is 10.9 Å². The molecule has 11 heteroatoms. The van der Waals surface area contributed by atoms with Gasteiger partial charge in [0.1, 0.15) is 12.4 Å². The molecule has 38 heavy (non-hydrogen) atoms. The SMILES string of the molecule is Cn1cc(C(C(=O)NS(=O)(=O)c2ccc(OCCO)cc2)c2ccc3c(c2)OCO3)c2ccc(CO)cc21. The second-order valence-corrected chi connectivity index (χ2v) is 10.4. The summed E-state index contributed by atoms with van der Waals surface area (Å²) in [7, 11) is -2.41. The van der Waals surface area contributed by atoms with Crippen molar-refractivity contribution in [2.24, 2.45) is 7.05 Å². The number of carbonyl (C=O) groups is 1. The summed E-state index contributed by atoms with van der Waals surface area (Å²) in [6, 6.07) is 16.0. The number of hydrogen-bond donors (Lipinski definition) is 3. The standard InChI is InChI=1S/C27H26N2O8S/c1-29-14-22(21-8-2-17(15-31)12-23(21)29)26(18-3-9-24-25(13-18)37-16-36-24)27(32)28-38(33,34)20-6-4-19(5-7-20)35-11-10-30/h2-9,12-14,26,30-31H,10-11,15-16H2,1H3,(H,28,32). The first-order valence-corrected chi connectivity index (χ1v) is 13.3. The molecule has 0 spiro atoms. The molecule has 1 aliphatic heterocycles. The maximum absolute atomic E-state index is 13.8. The van der Waals surface area contributed by atoms with Crippen LogP contribution in [0.1, 0.15) is 22.6 Å². The molecule has 1 aromatic heterocycles. The first-order chi connectivity index (χ1) is 18.3. The van der Waals surface area contributed by atoms with E-state index in [1.807, 2.05) is 23.7 Å². The third-order valence-electron chi connectivity index (χ3n) is 6.30. The summed E-state index contributed by atoms with van der Waals surface area (Å²) in [6.07, 6.45) is 1.78. The third-order valence-corrected chi connectivity index (χ3v) is 7.66. The molecule has 10 nitrogen and oxygen atoms in total. The first-order valence-electron chi connectivity index (χ1n) is 11.8. The molecule has 1 amide bonds. The number of aromatic nitrogens is 1. The van der Waals surface area contributed by atoms with Crippen molar-refractivity contribution in [2.45, 2.75) is 17.4 Å². The summed E-state index contributed by atoms with van der Waals surface area (Å²) in [5.74, 6) is -0.363. The van der Waals surface area contributed by atoms with Gasteiger partial charge in [-0.3, -0.25) is 4.79 Å². The van der Waals surface area contributed by atoms with Crippen LogP contribution in [-0.2, 0) is 28.5 Å². The molecule has 0 bridgehead atoms.